The highest BCUT2D eigenvalue weighted by molar-refractivity contribution is 7.89. The maximum Gasteiger partial charge on any atom is 0.251 e. The van der Waals surface area contributed by atoms with Gasteiger partial charge in [-0.25, -0.2) is 8.42 Å². The number of hydrogen-bond donors (Lipinski definition) is 1. The van der Waals surface area contributed by atoms with E-state index in [0.717, 1.165) is 65.0 Å². The minimum atomic E-state index is -3.53. The first kappa shape index (κ1) is 22.2. The number of rotatable bonds is 8. The maximum absolute atomic E-state index is 12.9. The zero-order valence-corrected chi connectivity index (χ0v) is 18.1. The predicted octanol–water partition coefficient (Wildman–Crippen LogP) is 2.09. The Kier molecular flexibility index (Phi) is 8.06. The molecule has 29 heavy (non-hydrogen) atoms. The molecule has 1 heterocycles. The summed E-state index contributed by atoms with van der Waals surface area (Å²) in [6, 6.07) is 6.34. The lowest BCUT2D eigenvalue weighted by molar-refractivity contribution is 0.0374. The van der Waals surface area contributed by atoms with Crippen LogP contribution in [-0.4, -0.2) is 76.0 Å². The lowest BCUT2D eigenvalue weighted by Crippen LogP contribution is -2.38. The highest BCUT2D eigenvalue weighted by Crippen LogP contribution is 2.26. The van der Waals surface area contributed by atoms with E-state index >= 15 is 0 Å². The van der Waals surface area contributed by atoms with Crippen LogP contribution in [0.15, 0.2) is 29.2 Å². The van der Waals surface area contributed by atoms with Crippen LogP contribution in [0.5, 0.6) is 0 Å². The van der Waals surface area contributed by atoms with E-state index in [9.17, 15) is 13.2 Å². The molecule has 2 fully saturated rings. The Labute approximate surface area is 174 Å². The first-order valence-corrected chi connectivity index (χ1v) is 12.1. The van der Waals surface area contributed by atoms with Gasteiger partial charge in [0.1, 0.15) is 0 Å². The quantitative estimate of drug-likeness (QED) is 0.648. The van der Waals surface area contributed by atoms with Crippen LogP contribution in [0.25, 0.3) is 0 Å². The maximum atomic E-state index is 12.9. The molecule has 3 rings (SSSR count). The largest absolute Gasteiger partial charge is 0.379 e. The highest BCUT2D eigenvalue weighted by atomic mass is 32.2. The molecule has 0 bridgehead atoms. The second-order valence-corrected chi connectivity index (χ2v) is 9.90. The molecule has 7 nitrogen and oxygen atoms in total. The van der Waals surface area contributed by atoms with Crippen molar-refractivity contribution in [1.29, 1.82) is 0 Å². The van der Waals surface area contributed by atoms with Gasteiger partial charge < -0.3 is 10.1 Å². The van der Waals surface area contributed by atoms with Crippen molar-refractivity contribution in [1.82, 2.24) is 14.5 Å². The smallest absolute Gasteiger partial charge is 0.251 e. The van der Waals surface area contributed by atoms with Crippen molar-refractivity contribution < 1.29 is 17.9 Å². The molecule has 162 valence electrons. The molecule has 0 atom stereocenters. The Morgan fingerprint density at radius 2 is 1.79 bits per heavy atom. The normalized spacial score (nSPS) is 19.4. The Hall–Kier alpha value is -1.48. The van der Waals surface area contributed by atoms with Crippen molar-refractivity contribution in [3.8, 4) is 0 Å². The summed E-state index contributed by atoms with van der Waals surface area (Å²) in [5.41, 5.74) is 0.482. The highest BCUT2D eigenvalue weighted by Gasteiger charge is 2.29. The van der Waals surface area contributed by atoms with Gasteiger partial charge in [0.25, 0.3) is 5.91 Å². The first-order chi connectivity index (χ1) is 14.0. The number of amides is 1. The first-order valence-electron chi connectivity index (χ1n) is 10.6. The summed E-state index contributed by atoms with van der Waals surface area (Å²) in [7, 11) is -1.86. The van der Waals surface area contributed by atoms with Crippen LogP contribution in [0, 0.1) is 0 Å². The fourth-order valence-corrected chi connectivity index (χ4v) is 5.43. The monoisotopic (exact) mass is 423 g/mol. The van der Waals surface area contributed by atoms with Crippen molar-refractivity contribution in [3.63, 3.8) is 0 Å². The average molecular weight is 424 g/mol. The number of carbonyl (C=O) groups is 1. The van der Waals surface area contributed by atoms with E-state index in [0.29, 0.717) is 12.1 Å². The van der Waals surface area contributed by atoms with Crippen molar-refractivity contribution in [3.05, 3.63) is 29.8 Å². The van der Waals surface area contributed by atoms with E-state index in [1.54, 1.807) is 19.2 Å². The number of hydrogen-bond acceptors (Lipinski definition) is 5. The summed E-state index contributed by atoms with van der Waals surface area (Å²) in [6.07, 6.45) is 6.05. The topological polar surface area (TPSA) is 79.0 Å². The van der Waals surface area contributed by atoms with E-state index in [4.69, 9.17) is 4.74 Å². The number of nitrogens with zero attached hydrogens (tertiary/aromatic N) is 2. The predicted molar refractivity (Wildman–Crippen MR) is 112 cm³/mol. The number of carbonyl (C=O) groups excluding carboxylic acids is 1. The molecular weight excluding hydrogens is 390 g/mol. The molecule has 0 aromatic heterocycles. The van der Waals surface area contributed by atoms with Crippen molar-refractivity contribution in [2.24, 2.45) is 0 Å². The minimum Gasteiger partial charge on any atom is -0.379 e. The molecule has 1 saturated carbocycles. The number of nitrogens with one attached hydrogen (secondary N) is 1. The second kappa shape index (κ2) is 10.5. The molecule has 0 radical (unpaired) electrons. The number of morpholine rings is 1. The molecule has 1 aromatic carbocycles. The van der Waals surface area contributed by atoms with Gasteiger partial charge in [-0.15, -0.1) is 0 Å². The Morgan fingerprint density at radius 1 is 1.14 bits per heavy atom. The van der Waals surface area contributed by atoms with Crippen LogP contribution in [0.1, 0.15) is 48.9 Å². The molecule has 1 aromatic rings. The van der Waals surface area contributed by atoms with Crippen LogP contribution >= 0.6 is 0 Å². The van der Waals surface area contributed by atoms with Crippen LogP contribution in [0.3, 0.4) is 0 Å². The van der Waals surface area contributed by atoms with E-state index in [1.165, 1.54) is 22.9 Å². The molecule has 1 amide bonds. The summed E-state index contributed by atoms with van der Waals surface area (Å²) in [6.45, 7) is 4.97. The summed E-state index contributed by atoms with van der Waals surface area (Å²) in [5, 5.41) is 2.91. The molecule has 1 aliphatic carbocycles. The average Bonchev–Trinajstić information content (AvgIpc) is 2.77. The third kappa shape index (κ3) is 6.01. The van der Waals surface area contributed by atoms with Gasteiger partial charge in [-0.1, -0.05) is 19.3 Å². The van der Waals surface area contributed by atoms with Gasteiger partial charge in [0, 0.05) is 38.3 Å². The fourth-order valence-electron chi connectivity index (χ4n) is 4.02. The van der Waals surface area contributed by atoms with Gasteiger partial charge in [0.05, 0.1) is 18.1 Å². The Balaban J connectivity index is 1.49. The van der Waals surface area contributed by atoms with Gasteiger partial charge in [-0.2, -0.15) is 4.31 Å². The second-order valence-electron chi connectivity index (χ2n) is 7.90. The van der Waals surface area contributed by atoms with Gasteiger partial charge in [0.2, 0.25) is 10.0 Å². The van der Waals surface area contributed by atoms with Crippen molar-refractivity contribution in [2.75, 3.05) is 46.4 Å². The molecule has 0 unspecified atom stereocenters. The lowest BCUT2D eigenvalue weighted by atomic mass is 9.96. The lowest BCUT2D eigenvalue weighted by Gasteiger charge is -2.30. The molecule has 0 spiro atoms. The molecule has 8 heteroatoms. The summed E-state index contributed by atoms with van der Waals surface area (Å²) >= 11 is 0. The van der Waals surface area contributed by atoms with Gasteiger partial charge in [0.15, 0.2) is 0 Å². The number of ether oxygens (including phenoxy) is 1. The minimum absolute atomic E-state index is 0.0724. The van der Waals surface area contributed by atoms with E-state index in [1.807, 2.05) is 0 Å². The third-order valence-electron chi connectivity index (χ3n) is 5.92. The third-order valence-corrected chi connectivity index (χ3v) is 7.85. The van der Waals surface area contributed by atoms with Crippen molar-refractivity contribution >= 4 is 15.9 Å². The van der Waals surface area contributed by atoms with Gasteiger partial charge in [-0.05, 0) is 50.1 Å². The molecular formula is C21H33N3O4S. The summed E-state index contributed by atoms with van der Waals surface area (Å²) < 4.78 is 32.6. The van der Waals surface area contributed by atoms with Crippen LogP contribution < -0.4 is 5.32 Å². The summed E-state index contributed by atoms with van der Waals surface area (Å²) in [4.78, 5) is 14.9. The number of benzene rings is 1. The molecule has 1 saturated heterocycles. The fraction of sp³-hybridized carbons (Fsp3) is 0.667. The zero-order valence-electron chi connectivity index (χ0n) is 17.3. The van der Waals surface area contributed by atoms with E-state index < -0.39 is 10.0 Å². The van der Waals surface area contributed by atoms with Crippen molar-refractivity contribution in [2.45, 2.75) is 49.5 Å². The van der Waals surface area contributed by atoms with Gasteiger partial charge in [-0.3, -0.25) is 9.69 Å². The molecule has 1 N–H and O–H groups in total. The summed E-state index contributed by atoms with van der Waals surface area (Å²) in [5.74, 6) is -0.170. The Bertz CT molecular complexity index is 755. The van der Waals surface area contributed by atoms with E-state index in [2.05, 4.69) is 10.2 Å². The van der Waals surface area contributed by atoms with Crippen LogP contribution in [0.2, 0.25) is 0 Å². The van der Waals surface area contributed by atoms with E-state index in [-0.39, 0.29) is 16.8 Å². The van der Waals surface area contributed by atoms with Crippen LogP contribution in [0.4, 0.5) is 0 Å². The SMILES string of the molecule is CN(C1CCCCC1)S(=O)(=O)c1ccc(C(=O)NCCCN2CCOCC2)cc1. The Morgan fingerprint density at radius 3 is 2.45 bits per heavy atom. The van der Waals surface area contributed by atoms with Gasteiger partial charge >= 0.3 is 0 Å². The molecule has 1 aliphatic heterocycles. The zero-order chi connectivity index (χ0) is 20.7. The van der Waals surface area contributed by atoms with Crippen LogP contribution in [-0.2, 0) is 14.8 Å². The standard InChI is InChI=1S/C21H33N3O4S/c1-23(19-6-3-2-4-7-19)29(26,27)20-10-8-18(9-11-20)21(25)22-12-5-13-24-14-16-28-17-15-24/h8-11,19H,2-7,12-17H2,1H3,(H,22,25). The number of sulfonamides is 1. The molecule has 2 aliphatic rings.